The molecule has 0 aliphatic carbocycles. The quantitative estimate of drug-likeness (QED) is 0.654. The lowest BCUT2D eigenvalue weighted by atomic mass is 10.2. The van der Waals surface area contributed by atoms with Crippen molar-refractivity contribution >= 4 is 11.3 Å². The van der Waals surface area contributed by atoms with E-state index in [1.807, 2.05) is 35.8 Å². The van der Waals surface area contributed by atoms with E-state index < -0.39 is 0 Å². The Hall–Kier alpha value is -2.37. The van der Waals surface area contributed by atoms with Crippen LogP contribution in [0.5, 0.6) is 11.5 Å². The highest BCUT2D eigenvalue weighted by Gasteiger charge is 2.07. The molecule has 0 aliphatic heterocycles. The molecular formula is C20H22N2O2S. The molecule has 3 aromatic rings. The van der Waals surface area contributed by atoms with Gasteiger partial charge in [-0.25, -0.2) is 0 Å². The van der Waals surface area contributed by atoms with Crippen LogP contribution in [0.25, 0.3) is 0 Å². The molecule has 130 valence electrons. The Kier molecular flexibility index (Phi) is 6.04. The lowest BCUT2D eigenvalue weighted by molar-refractivity contribution is 0.287. The van der Waals surface area contributed by atoms with Gasteiger partial charge < -0.3 is 14.8 Å². The molecule has 3 rings (SSSR count). The van der Waals surface area contributed by atoms with Crippen LogP contribution in [0, 0.1) is 6.92 Å². The molecule has 25 heavy (non-hydrogen) atoms. The van der Waals surface area contributed by atoms with E-state index in [9.17, 15) is 0 Å². The number of aromatic nitrogens is 1. The van der Waals surface area contributed by atoms with Crippen molar-refractivity contribution in [3.05, 3.63) is 75.7 Å². The zero-order valence-corrected chi connectivity index (χ0v) is 15.3. The molecule has 0 fully saturated rings. The molecule has 1 N–H and O–H groups in total. The molecule has 2 heterocycles. The number of hydrogen-bond acceptors (Lipinski definition) is 5. The average molecular weight is 354 g/mol. The fourth-order valence-corrected chi connectivity index (χ4v) is 3.13. The zero-order valence-electron chi connectivity index (χ0n) is 14.5. The van der Waals surface area contributed by atoms with Crippen LogP contribution in [0.15, 0.2) is 54.0 Å². The summed E-state index contributed by atoms with van der Waals surface area (Å²) in [4.78, 5) is 5.59. The van der Waals surface area contributed by atoms with Gasteiger partial charge in [-0.15, -0.1) is 11.3 Å². The van der Waals surface area contributed by atoms with E-state index in [1.165, 1.54) is 10.4 Å². The maximum absolute atomic E-state index is 5.87. The Bertz CT molecular complexity index is 803. The Morgan fingerprint density at radius 3 is 2.76 bits per heavy atom. The third-order valence-electron chi connectivity index (χ3n) is 3.92. The summed E-state index contributed by atoms with van der Waals surface area (Å²) < 4.78 is 11.3. The van der Waals surface area contributed by atoms with Crippen molar-refractivity contribution in [3.63, 3.8) is 0 Å². The van der Waals surface area contributed by atoms with Gasteiger partial charge >= 0.3 is 0 Å². The second kappa shape index (κ2) is 8.65. The number of methoxy groups -OCH3 is 1. The van der Waals surface area contributed by atoms with E-state index in [2.05, 4.69) is 35.4 Å². The Balaban J connectivity index is 1.58. The molecule has 0 amide bonds. The monoisotopic (exact) mass is 354 g/mol. The molecule has 2 aromatic heterocycles. The molecule has 0 bridgehead atoms. The number of pyridine rings is 1. The SMILES string of the molecule is COc1cc(CNCc2ncccc2C)ccc1OCc1cccs1. The van der Waals surface area contributed by atoms with Crippen molar-refractivity contribution in [1.29, 1.82) is 0 Å². The largest absolute Gasteiger partial charge is 0.493 e. The highest BCUT2D eigenvalue weighted by atomic mass is 32.1. The van der Waals surface area contributed by atoms with Gasteiger partial charge in [-0.3, -0.25) is 4.98 Å². The zero-order chi connectivity index (χ0) is 17.5. The first kappa shape index (κ1) is 17.5. The highest BCUT2D eigenvalue weighted by molar-refractivity contribution is 7.09. The van der Waals surface area contributed by atoms with Crippen molar-refractivity contribution in [2.24, 2.45) is 0 Å². The Morgan fingerprint density at radius 1 is 1.08 bits per heavy atom. The van der Waals surface area contributed by atoms with Gasteiger partial charge in [0.15, 0.2) is 11.5 Å². The normalized spacial score (nSPS) is 10.6. The van der Waals surface area contributed by atoms with Crippen molar-refractivity contribution in [2.75, 3.05) is 7.11 Å². The van der Waals surface area contributed by atoms with Crippen LogP contribution >= 0.6 is 11.3 Å². The predicted molar refractivity (Wildman–Crippen MR) is 101 cm³/mol. The summed E-state index contributed by atoms with van der Waals surface area (Å²) in [7, 11) is 1.67. The van der Waals surface area contributed by atoms with Gasteiger partial charge in [-0.1, -0.05) is 18.2 Å². The number of nitrogens with one attached hydrogen (secondary N) is 1. The van der Waals surface area contributed by atoms with Gasteiger partial charge in [0.2, 0.25) is 0 Å². The number of benzene rings is 1. The summed E-state index contributed by atoms with van der Waals surface area (Å²) in [5.74, 6) is 1.52. The summed E-state index contributed by atoms with van der Waals surface area (Å²) in [6, 6.07) is 14.2. The first-order valence-corrected chi connectivity index (χ1v) is 9.07. The second-order valence-electron chi connectivity index (χ2n) is 5.72. The fraction of sp³-hybridized carbons (Fsp3) is 0.250. The van der Waals surface area contributed by atoms with Gasteiger partial charge in [0.1, 0.15) is 6.61 Å². The summed E-state index contributed by atoms with van der Waals surface area (Å²) in [5, 5.41) is 5.48. The minimum absolute atomic E-state index is 0.560. The molecule has 0 unspecified atom stereocenters. The van der Waals surface area contributed by atoms with E-state index in [-0.39, 0.29) is 0 Å². The van der Waals surface area contributed by atoms with Crippen molar-refractivity contribution in [2.45, 2.75) is 26.6 Å². The first-order chi connectivity index (χ1) is 12.3. The topological polar surface area (TPSA) is 43.4 Å². The Labute approximate surface area is 152 Å². The summed E-state index contributed by atoms with van der Waals surface area (Å²) in [6.07, 6.45) is 1.83. The summed E-state index contributed by atoms with van der Waals surface area (Å²) >= 11 is 1.69. The van der Waals surface area contributed by atoms with Crippen molar-refractivity contribution < 1.29 is 9.47 Å². The minimum atomic E-state index is 0.560. The van der Waals surface area contributed by atoms with Crippen molar-refractivity contribution in [1.82, 2.24) is 10.3 Å². The molecule has 0 radical (unpaired) electrons. The maximum Gasteiger partial charge on any atom is 0.161 e. The smallest absolute Gasteiger partial charge is 0.161 e. The molecule has 0 atom stereocenters. The number of aryl methyl sites for hydroxylation is 1. The molecule has 0 saturated carbocycles. The van der Waals surface area contributed by atoms with Crippen LogP contribution in [0.1, 0.15) is 21.7 Å². The molecule has 0 spiro atoms. The second-order valence-corrected chi connectivity index (χ2v) is 6.76. The first-order valence-electron chi connectivity index (χ1n) is 8.19. The third-order valence-corrected chi connectivity index (χ3v) is 4.77. The van der Waals surface area contributed by atoms with E-state index in [4.69, 9.17) is 9.47 Å². The van der Waals surface area contributed by atoms with E-state index >= 15 is 0 Å². The van der Waals surface area contributed by atoms with Crippen LogP contribution < -0.4 is 14.8 Å². The van der Waals surface area contributed by atoms with Crippen LogP contribution in [0.2, 0.25) is 0 Å². The highest BCUT2D eigenvalue weighted by Crippen LogP contribution is 2.29. The Morgan fingerprint density at radius 2 is 2.00 bits per heavy atom. The molecule has 4 nitrogen and oxygen atoms in total. The van der Waals surface area contributed by atoms with Crippen LogP contribution in [-0.4, -0.2) is 12.1 Å². The summed E-state index contributed by atoms with van der Waals surface area (Å²) in [6.45, 7) is 4.13. The van der Waals surface area contributed by atoms with E-state index in [0.29, 0.717) is 6.61 Å². The standard InChI is InChI=1S/C20H22N2O2S/c1-15-5-3-9-22-18(15)13-21-12-16-7-8-19(20(11-16)23-2)24-14-17-6-4-10-25-17/h3-11,21H,12-14H2,1-2H3. The number of ether oxygens (including phenoxy) is 2. The lowest BCUT2D eigenvalue weighted by Gasteiger charge is -2.12. The van der Waals surface area contributed by atoms with Gasteiger partial charge in [-0.2, -0.15) is 0 Å². The fourth-order valence-electron chi connectivity index (χ4n) is 2.51. The van der Waals surface area contributed by atoms with Crippen LogP contribution in [0.4, 0.5) is 0 Å². The lowest BCUT2D eigenvalue weighted by Crippen LogP contribution is -2.14. The molecule has 1 aromatic carbocycles. The van der Waals surface area contributed by atoms with Gasteiger partial charge in [0.05, 0.1) is 12.8 Å². The molecule has 0 aliphatic rings. The number of thiophene rings is 1. The predicted octanol–water partition coefficient (Wildman–Crippen LogP) is 4.33. The van der Waals surface area contributed by atoms with Gasteiger partial charge in [0, 0.05) is 24.2 Å². The third kappa shape index (κ3) is 4.81. The average Bonchev–Trinajstić information content (AvgIpc) is 3.15. The van der Waals surface area contributed by atoms with Crippen LogP contribution in [0.3, 0.4) is 0 Å². The number of nitrogens with zero attached hydrogens (tertiary/aromatic N) is 1. The van der Waals surface area contributed by atoms with Gasteiger partial charge in [0.25, 0.3) is 0 Å². The van der Waals surface area contributed by atoms with Crippen LogP contribution in [-0.2, 0) is 19.7 Å². The maximum atomic E-state index is 5.87. The summed E-state index contributed by atoms with van der Waals surface area (Å²) in [5.41, 5.74) is 3.42. The number of rotatable bonds is 8. The van der Waals surface area contributed by atoms with E-state index in [0.717, 1.165) is 35.8 Å². The molecular weight excluding hydrogens is 332 g/mol. The molecule has 0 saturated heterocycles. The number of hydrogen-bond donors (Lipinski definition) is 1. The minimum Gasteiger partial charge on any atom is -0.493 e. The van der Waals surface area contributed by atoms with E-state index in [1.54, 1.807) is 18.4 Å². The van der Waals surface area contributed by atoms with Gasteiger partial charge in [-0.05, 0) is 47.7 Å². The van der Waals surface area contributed by atoms with Crippen molar-refractivity contribution in [3.8, 4) is 11.5 Å². The molecule has 5 heteroatoms.